The number of nitrogens with one attached hydrogen (secondary N) is 1. The van der Waals surface area contributed by atoms with E-state index >= 15 is 0 Å². The Morgan fingerprint density at radius 1 is 1.55 bits per heavy atom. The Bertz CT molecular complexity index is 500. The molecule has 0 aliphatic rings. The topological polar surface area (TPSA) is 88.5 Å². The Morgan fingerprint density at radius 3 is 2.95 bits per heavy atom. The lowest BCUT2D eigenvalue weighted by atomic mass is 10.1. The van der Waals surface area contributed by atoms with Crippen LogP contribution in [-0.2, 0) is 9.53 Å². The number of carbonyl (C=O) groups excluding carboxylic acids is 1. The summed E-state index contributed by atoms with van der Waals surface area (Å²) in [5.41, 5.74) is 0.643. The van der Waals surface area contributed by atoms with Crippen molar-refractivity contribution in [3.63, 3.8) is 0 Å². The molecule has 1 atom stereocenters. The maximum atomic E-state index is 12.1. The highest BCUT2D eigenvalue weighted by molar-refractivity contribution is 5.97. The van der Waals surface area contributed by atoms with Gasteiger partial charge in [0.05, 0.1) is 6.61 Å². The van der Waals surface area contributed by atoms with E-state index in [4.69, 9.17) is 9.84 Å². The number of carboxylic acids is 1. The molecule has 6 nitrogen and oxygen atoms in total. The number of carbonyl (C=O) groups is 2. The number of aliphatic carboxylic acids is 1. The second kappa shape index (κ2) is 8.06. The van der Waals surface area contributed by atoms with E-state index in [-0.39, 0.29) is 17.6 Å². The Labute approximate surface area is 117 Å². The second-order valence-electron chi connectivity index (χ2n) is 4.15. The van der Waals surface area contributed by atoms with Crippen molar-refractivity contribution >= 4 is 18.0 Å². The average molecular weight is 278 g/mol. The molecule has 1 rings (SSSR count). The summed E-state index contributed by atoms with van der Waals surface area (Å²) in [4.78, 5) is 26.6. The predicted molar refractivity (Wildman–Crippen MR) is 74.3 cm³/mol. The van der Waals surface area contributed by atoms with E-state index < -0.39 is 5.97 Å². The van der Waals surface area contributed by atoms with Crippen molar-refractivity contribution in [3.05, 3.63) is 35.7 Å². The highest BCUT2D eigenvalue weighted by atomic mass is 16.5. The van der Waals surface area contributed by atoms with Gasteiger partial charge < -0.3 is 15.2 Å². The molecule has 6 heteroatoms. The average Bonchev–Trinajstić information content (AvgIpc) is 2.43. The molecule has 108 valence electrons. The Balaban J connectivity index is 2.79. The van der Waals surface area contributed by atoms with Crippen molar-refractivity contribution in [1.29, 1.82) is 0 Å². The maximum absolute atomic E-state index is 12.1. The van der Waals surface area contributed by atoms with E-state index in [9.17, 15) is 9.59 Å². The third-order valence-electron chi connectivity index (χ3n) is 2.41. The van der Waals surface area contributed by atoms with Crippen LogP contribution in [-0.4, -0.2) is 41.2 Å². The SMILES string of the molecule is CCOCC(C)NC(=O)c1ncccc1/C=C/C(=O)O. The minimum atomic E-state index is -1.08. The molecule has 0 bridgehead atoms. The van der Waals surface area contributed by atoms with Crippen LogP contribution in [0.3, 0.4) is 0 Å². The molecular weight excluding hydrogens is 260 g/mol. The number of carboxylic acid groups (broad SMARTS) is 1. The van der Waals surface area contributed by atoms with Crippen LogP contribution in [0.5, 0.6) is 0 Å². The molecule has 1 aromatic heterocycles. The molecule has 0 aliphatic heterocycles. The second-order valence-corrected chi connectivity index (χ2v) is 4.15. The summed E-state index contributed by atoms with van der Waals surface area (Å²) in [6.07, 6.45) is 3.80. The van der Waals surface area contributed by atoms with E-state index in [2.05, 4.69) is 10.3 Å². The number of ether oxygens (including phenoxy) is 1. The van der Waals surface area contributed by atoms with Gasteiger partial charge in [0.1, 0.15) is 5.69 Å². The summed E-state index contributed by atoms with van der Waals surface area (Å²) in [7, 11) is 0. The third-order valence-corrected chi connectivity index (χ3v) is 2.41. The number of hydrogen-bond donors (Lipinski definition) is 2. The van der Waals surface area contributed by atoms with E-state index in [1.54, 1.807) is 12.1 Å². The molecule has 2 N–H and O–H groups in total. The van der Waals surface area contributed by atoms with E-state index in [1.807, 2.05) is 13.8 Å². The number of amides is 1. The largest absolute Gasteiger partial charge is 0.478 e. The molecule has 1 amide bonds. The molecular formula is C14H18N2O4. The molecule has 0 spiro atoms. The fourth-order valence-electron chi connectivity index (χ4n) is 1.53. The maximum Gasteiger partial charge on any atom is 0.328 e. The summed E-state index contributed by atoms with van der Waals surface area (Å²) in [5, 5.41) is 11.4. The van der Waals surface area contributed by atoms with Crippen molar-refractivity contribution < 1.29 is 19.4 Å². The van der Waals surface area contributed by atoms with E-state index in [0.29, 0.717) is 18.8 Å². The monoisotopic (exact) mass is 278 g/mol. The van der Waals surface area contributed by atoms with E-state index in [1.165, 1.54) is 12.3 Å². The summed E-state index contributed by atoms with van der Waals surface area (Å²) < 4.78 is 5.21. The molecule has 1 aromatic rings. The molecule has 1 heterocycles. The van der Waals surface area contributed by atoms with Crippen LogP contribution in [0.1, 0.15) is 29.9 Å². The highest BCUT2D eigenvalue weighted by Gasteiger charge is 2.14. The summed E-state index contributed by atoms with van der Waals surface area (Å²) in [6.45, 7) is 4.69. The van der Waals surface area contributed by atoms with Gasteiger partial charge in [-0.25, -0.2) is 4.79 Å². The number of nitrogens with zero attached hydrogens (tertiary/aromatic N) is 1. The van der Waals surface area contributed by atoms with Crippen molar-refractivity contribution in [1.82, 2.24) is 10.3 Å². The van der Waals surface area contributed by atoms with Gasteiger partial charge in [0.15, 0.2) is 0 Å². The Morgan fingerprint density at radius 2 is 2.30 bits per heavy atom. The molecule has 0 aliphatic carbocycles. The molecule has 0 saturated carbocycles. The Hall–Kier alpha value is -2.21. The fourth-order valence-corrected chi connectivity index (χ4v) is 1.53. The summed E-state index contributed by atoms with van der Waals surface area (Å²) >= 11 is 0. The number of pyridine rings is 1. The van der Waals surface area contributed by atoms with Gasteiger partial charge >= 0.3 is 5.97 Å². The number of rotatable bonds is 7. The minimum Gasteiger partial charge on any atom is -0.478 e. The molecule has 20 heavy (non-hydrogen) atoms. The molecule has 1 unspecified atom stereocenters. The molecule has 0 fully saturated rings. The lowest BCUT2D eigenvalue weighted by molar-refractivity contribution is -0.131. The van der Waals surface area contributed by atoms with Gasteiger partial charge in [0, 0.05) is 30.5 Å². The van der Waals surface area contributed by atoms with Crippen molar-refractivity contribution in [2.24, 2.45) is 0 Å². The highest BCUT2D eigenvalue weighted by Crippen LogP contribution is 2.08. The normalized spacial score (nSPS) is 12.3. The van der Waals surface area contributed by atoms with Gasteiger partial charge in [-0.3, -0.25) is 9.78 Å². The first kappa shape index (κ1) is 15.8. The Kier molecular flexibility index (Phi) is 6.39. The molecule has 0 saturated heterocycles. The minimum absolute atomic E-state index is 0.152. The van der Waals surface area contributed by atoms with Crippen molar-refractivity contribution in [2.45, 2.75) is 19.9 Å². The predicted octanol–water partition coefficient (Wildman–Crippen LogP) is 1.33. The zero-order chi connectivity index (χ0) is 15.0. The lowest BCUT2D eigenvalue weighted by Crippen LogP contribution is -2.36. The van der Waals surface area contributed by atoms with Crippen LogP contribution in [0, 0.1) is 0 Å². The summed E-state index contributed by atoms with van der Waals surface area (Å²) in [5.74, 6) is -1.44. The standard InChI is InChI=1S/C14H18N2O4/c1-3-20-9-10(2)16-14(19)13-11(5-4-8-15-13)6-7-12(17)18/h4-8,10H,3,9H2,1-2H3,(H,16,19)(H,17,18)/b7-6+. The number of aromatic nitrogens is 1. The quantitative estimate of drug-likeness (QED) is 0.735. The van der Waals surface area contributed by atoms with Crippen molar-refractivity contribution in [2.75, 3.05) is 13.2 Å². The summed E-state index contributed by atoms with van der Waals surface area (Å²) in [6, 6.07) is 3.12. The third kappa shape index (κ3) is 5.19. The van der Waals surface area contributed by atoms with Gasteiger partial charge in [-0.2, -0.15) is 0 Å². The molecule has 0 radical (unpaired) electrons. The smallest absolute Gasteiger partial charge is 0.328 e. The first-order chi connectivity index (χ1) is 9.54. The fraction of sp³-hybridized carbons (Fsp3) is 0.357. The van der Waals surface area contributed by atoms with Crippen molar-refractivity contribution in [3.8, 4) is 0 Å². The van der Waals surface area contributed by atoms with Crippen LogP contribution in [0.2, 0.25) is 0 Å². The zero-order valence-corrected chi connectivity index (χ0v) is 11.5. The van der Waals surface area contributed by atoms with Crippen LogP contribution in [0.15, 0.2) is 24.4 Å². The van der Waals surface area contributed by atoms with E-state index in [0.717, 1.165) is 6.08 Å². The van der Waals surface area contributed by atoms with Crippen LogP contribution < -0.4 is 5.32 Å². The van der Waals surface area contributed by atoms with Crippen LogP contribution in [0.25, 0.3) is 6.08 Å². The lowest BCUT2D eigenvalue weighted by Gasteiger charge is -2.14. The van der Waals surface area contributed by atoms with Gasteiger partial charge in [-0.05, 0) is 26.0 Å². The van der Waals surface area contributed by atoms with Gasteiger partial charge in [0.25, 0.3) is 5.91 Å². The van der Waals surface area contributed by atoms with Gasteiger partial charge in [0.2, 0.25) is 0 Å². The first-order valence-electron chi connectivity index (χ1n) is 6.29. The van der Waals surface area contributed by atoms with Crippen LogP contribution in [0.4, 0.5) is 0 Å². The first-order valence-corrected chi connectivity index (χ1v) is 6.29. The number of hydrogen-bond acceptors (Lipinski definition) is 4. The van der Waals surface area contributed by atoms with Gasteiger partial charge in [-0.1, -0.05) is 6.07 Å². The zero-order valence-electron chi connectivity index (χ0n) is 11.5. The molecule has 0 aromatic carbocycles. The van der Waals surface area contributed by atoms with Crippen LogP contribution >= 0.6 is 0 Å². The van der Waals surface area contributed by atoms with Gasteiger partial charge in [-0.15, -0.1) is 0 Å².